The molecule has 6 nitrogen and oxygen atoms in total. The van der Waals surface area contributed by atoms with Gasteiger partial charge in [-0.3, -0.25) is 5.32 Å². The second-order valence-corrected chi connectivity index (χ2v) is 5.67. The van der Waals surface area contributed by atoms with Gasteiger partial charge in [-0.15, -0.1) is 11.3 Å². The van der Waals surface area contributed by atoms with Gasteiger partial charge in [0, 0.05) is 19.5 Å². The molecule has 10 heteroatoms. The van der Waals surface area contributed by atoms with Gasteiger partial charge in [0.05, 0.1) is 18.4 Å². The van der Waals surface area contributed by atoms with Crippen LogP contribution in [0.5, 0.6) is 0 Å². The number of nitrogens with zero attached hydrogens (tertiary/aromatic N) is 3. The number of rotatable bonds is 4. The van der Waals surface area contributed by atoms with Crippen LogP contribution in [0.4, 0.5) is 29.5 Å². The van der Waals surface area contributed by atoms with Crippen LogP contribution in [-0.2, 0) is 12.7 Å². The van der Waals surface area contributed by atoms with Gasteiger partial charge in [0.1, 0.15) is 10.8 Å². The number of urea groups is 1. The van der Waals surface area contributed by atoms with E-state index < -0.39 is 17.9 Å². The highest BCUT2D eigenvalue weighted by Gasteiger charge is 2.33. The maximum Gasteiger partial charge on any atom is 0.434 e. The van der Waals surface area contributed by atoms with Gasteiger partial charge in [-0.25, -0.2) is 14.8 Å². The first-order valence-corrected chi connectivity index (χ1v) is 7.33. The monoisotopic (exact) mass is 345 g/mol. The molecule has 0 saturated carbocycles. The highest BCUT2D eigenvalue weighted by molar-refractivity contribution is 7.09. The molecule has 2 rings (SSSR count). The topological polar surface area (TPSA) is 70.2 Å². The molecule has 2 amide bonds. The fraction of sp³-hybridized carbons (Fsp3) is 0.308. The van der Waals surface area contributed by atoms with Crippen molar-refractivity contribution in [3.05, 3.63) is 34.4 Å². The molecular formula is C13H14F3N5OS. The molecule has 2 aromatic rings. The van der Waals surface area contributed by atoms with E-state index >= 15 is 0 Å². The number of pyridine rings is 1. The SMILES string of the molecule is CN(C)c1ccc(NC(=O)NCc2nc(C(F)(F)F)cs2)nc1. The minimum absolute atomic E-state index is 0.0949. The van der Waals surface area contributed by atoms with Gasteiger partial charge >= 0.3 is 12.2 Å². The van der Waals surface area contributed by atoms with Crippen LogP contribution in [0.1, 0.15) is 10.7 Å². The van der Waals surface area contributed by atoms with E-state index in [1.54, 1.807) is 18.3 Å². The van der Waals surface area contributed by atoms with Gasteiger partial charge in [0.15, 0.2) is 5.69 Å². The van der Waals surface area contributed by atoms with Gasteiger partial charge in [-0.1, -0.05) is 0 Å². The maximum absolute atomic E-state index is 12.4. The van der Waals surface area contributed by atoms with Crippen LogP contribution in [0, 0.1) is 0 Å². The van der Waals surface area contributed by atoms with Crippen LogP contribution in [-0.4, -0.2) is 30.1 Å². The van der Waals surface area contributed by atoms with Crippen LogP contribution in [0.3, 0.4) is 0 Å². The summed E-state index contributed by atoms with van der Waals surface area (Å²) in [6.45, 7) is -0.0949. The molecule has 0 aliphatic heterocycles. The van der Waals surface area contributed by atoms with E-state index in [1.807, 2.05) is 19.0 Å². The van der Waals surface area contributed by atoms with Gasteiger partial charge in [-0.05, 0) is 12.1 Å². The Balaban J connectivity index is 1.86. The summed E-state index contributed by atoms with van der Waals surface area (Å²) in [4.78, 5) is 21.0. The fourth-order valence-electron chi connectivity index (χ4n) is 1.56. The molecule has 0 aromatic carbocycles. The number of thiazole rings is 1. The summed E-state index contributed by atoms with van der Waals surface area (Å²) >= 11 is 0.835. The minimum Gasteiger partial charge on any atom is -0.376 e. The molecule has 0 fully saturated rings. The Labute approximate surface area is 134 Å². The van der Waals surface area contributed by atoms with Crippen molar-refractivity contribution in [2.45, 2.75) is 12.7 Å². The van der Waals surface area contributed by atoms with Crippen LogP contribution >= 0.6 is 11.3 Å². The molecular weight excluding hydrogens is 331 g/mol. The Hall–Kier alpha value is -2.36. The largest absolute Gasteiger partial charge is 0.434 e. The normalized spacial score (nSPS) is 11.2. The fourth-order valence-corrected chi connectivity index (χ4v) is 2.30. The summed E-state index contributed by atoms with van der Waals surface area (Å²) in [5.41, 5.74) is -0.0842. The van der Waals surface area contributed by atoms with Gasteiger partial charge in [-0.2, -0.15) is 13.2 Å². The lowest BCUT2D eigenvalue weighted by Crippen LogP contribution is -2.28. The van der Waals surface area contributed by atoms with E-state index in [2.05, 4.69) is 20.6 Å². The average Bonchev–Trinajstić information content (AvgIpc) is 2.95. The zero-order chi connectivity index (χ0) is 17.0. The molecule has 0 spiro atoms. The molecule has 0 saturated heterocycles. The van der Waals surface area contributed by atoms with Crippen molar-refractivity contribution in [1.82, 2.24) is 15.3 Å². The first-order chi connectivity index (χ1) is 10.8. The lowest BCUT2D eigenvalue weighted by atomic mass is 10.4. The number of halogens is 3. The third-order valence-electron chi connectivity index (χ3n) is 2.75. The summed E-state index contributed by atoms with van der Waals surface area (Å²) in [5.74, 6) is 0.336. The summed E-state index contributed by atoms with van der Waals surface area (Å²) in [6.07, 6.45) is -2.89. The molecule has 0 radical (unpaired) electrons. The number of amides is 2. The number of anilines is 2. The molecule has 2 heterocycles. The highest BCUT2D eigenvalue weighted by Crippen LogP contribution is 2.29. The Morgan fingerprint density at radius 2 is 2.09 bits per heavy atom. The molecule has 2 aromatic heterocycles. The predicted octanol–water partition coefficient (Wildman–Crippen LogP) is 2.94. The number of hydrogen-bond acceptors (Lipinski definition) is 5. The molecule has 23 heavy (non-hydrogen) atoms. The highest BCUT2D eigenvalue weighted by atomic mass is 32.1. The van der Waals surface area contributed by atoms with Crippen LogP contribution < -0.4 is 15.5 Å². The summed E-state index contributed by atoms with van der Waals surface area (Å²) in [5, 5.41) is 6.00. The van der Waals surface area contributed by atoms with E-state index in [0.717, 1.165) is 22.4 Å². The van der Waals surface area contributed by atoms with Gasteiger partial charge in [0.2, 0.25) is 0 Å². The van der Waals surface area contributed by atoms with Crippen molar-refractivity contribution in [2.75, 3.05) is 24.3 Å². The zero-order valence-electron chi connectivity index (χ0n) is 12.3. The molecule has 0 aliphatic carbocycles. The van der Waals surface area contributed by atoms with Crippen LogP contribution in [0.2, 0.25) is 0 Å². The Kier molecular flexibility index (Phi) is 5.04. The van der Waals surface area contributed by atoms with Crippen molar-refractivity contribution in [2.24, 2.45) is 0 Å². The summed E-state index contributed by atoms with van der Waals surface area (Å²) < 4.78 is 37.2. The number of aromatic nitrogens is 2. The molecule has 0 bridgehead atoms. The zero-order valence-corrected chi connectivity index (χ0v) is 13.1. The average molecular weight is 345 g/mol. The second kappa shape index (κ2) is 6.82. The molecule has 2 N–H and O–H groups in total. The Morgan fingerprint density at radius 3 is 2.61 bits per heavy atom. The van der Waals surface area contributed by atoms with Crippen molar-refractivity contribution < 1.29 is 18.0 Å². The summed E-state index contributed by atoms with van der Waals surface area (Å²) in [6, 6.07) is 2.83. The number of nitrogens with one attached hydrogen (secondary N) is 2. The van der Waals surface area contributed by atoms with E-state index in [1.165, 1.54) is 0 Å². The van der Waals surface area contributed by atoms with E-state index in [-0.39, 0.29) is 11.6 Å². The summed E-state index contributed by atoms with van der Waals surface area (Å²) in [7, 11) is 3.72. The number of hydrogen-bond donors (Lipinski definition) is 2. The Bertz CT molecular complexity index is 669. The van der Waals surface area contributed by atoms with E-state index in [9.17, 15) is 18.0 Å². The van der Waals surface area contributed by atoms with E-state index in [0.29, 0.717) is 5.82 Å². The van der Waals surface area contributed by atoms with Crippen molar-refractivity contribution in [1.29, 1.82) is 0 Å². The molecule has 124 valence electrons. The van der Waals surface area contributed by atoms with Gasteiger partial charge < -0.3 is 10.2 Å². The second-order valence-electron chi connectivity index (χ2n) is 4.73. The maximum atomic E-state index is 12.4. The first-order valence-electron chi connectivity index (χ1n) is 6.45. The van der Waals surface area contributed by atoms with Gasteiger partial charge in [0.25, 0.3) is 0 Å². The van der Waals surface area contributed by atoms with Crippen molar-refractivity contribution in [3.63, 3.8) is 0 Å². The standard InChI is InChI=1S/C13H14F3N5OS/c1-21(2)8-3-4-10(17-5-8)20-12(22)18-6-11-19-9(7-23-11)13(14,15)16/h3-5,7H,6H2,1-2H3,(H2,17,18,20,22). The van der Waals surface area contributed by atoms with Crippen molar-refractivity contribution >= 4 is 28.9 Å². The quantitative estimate of drug-likeness (QED) is 0.894. The molecule has 0 aliphatic rings. The van der Waals surface area contributed by atoms with Crippen molar-refractivity contribution in [3.8, 4) is 0 Å². The number of carbonyl (C=O) groups excluding carboxylic acids is 1. The smallest absolute Gasteiger partial charge is 0.376 e. The van der Waals surface area contributed by atoms with Crippen LogP contribution in [0.15, 0.2) is 23.7 Å². The van der Waals surface area contributed by atoms with Crippen LogP contribution in [0.25, 0.3) is 0 Å². The first kappa shape index (κ1) is 17.0. The number of alkyl halides is 3. The molecule has 0 atom stereocenters. The third-order valence-corrected chi connectivity index (χ3v) is 3.60. The third kappa shape index (κ3) is 4.81. The van der Waals surface area contributed by atoms with E-state index in [4.69, 9.17) is 0 Å². The lowest BCUT2D eigenvalue weighted by Gasteiger charge is -2.12. The number of carbonyl (C=O) groups is 1. The lowest BCUT2D eigenvalue weighted by molar-refractivity contribution is -0.140. The Morgan fingerprint density at radius 1 is 1.35 bits per heavy atom. The predicted molar refractivity (Wildman–Crippen MR) is 81.5 cm³/mol. The minimum atomic E-state index is -4.48. The molecule has 0 unspecified atom stereocenters.